The molecule has 1 rings (SSSR count). The van der Waals surface area contributed by atoms with Gasteiger partial charge in [0.05, 0.1) is 6.10 Å². The molecule has 15 heavy (non-hydrogen) atoms. The molecule has 1 atom stereocenters. The van der Waals surface area contributed by atoms with Crippen molar-refractivity contribution in [2.75, 3.05) is 6.54 Å². The van der Waals surface area contributed by atoms with Crippen molar-refractivity contribution in [2.24, 2.45) is 0 Å². The van der Waals surface area contributed by atoms with Gasteiger partial charge in [0.25, 0.3) is 0 Å². The lowest BCUT2D eigenvalue weighted by atomic mass is 10.2. The van der Waals surface area contributed by atoms with Gasteiger partial charge in [-0.25, -0.2) is 0 Å². The van der Waals surface area contributed by atoms with E-state index in [4.69, 9.17) is 0 Å². The monoisotopic (exact) mass is 211 g/mol. The van der Waals surface area contributed by atoms with Crippen molar-refractivity contribution < 1.29 is 9.90 Å². The van der Waals surface area contributed by atoms with Gasteiger partial charge >= 0.3 is 0 Å². The minimum atomic E-state index is -0.324. The summed E-state index contributed by atoms with van der Waals surface area (Å²) in [5.74, 6) is -0.0815. The van der Waals surface area contributed by atoms with Crippen molar-refractivity contribution in [1.29, 1.82) is 0 Å². The molecule has 0 saturated carbocycles. The number of carbonyl (C=O) groups is 1. The highest BCUT2D eigenvalue weighted by Crippen LogP contribution is 1.94. The summed E-state index contributed by atoms with van der Waals surface area (Å²) in [5, 5.41) is 15.9. The summed E-state index contributed by atoms with van der Waals surface area (Å²) in [5.41, 5.74) is 0. The summed E-state index contributed by atoms with van der Waals surface area (Å²) in [4.78, 5) is 11.3. The molecule has 0 aliphatic heterocycles. The molecule has 1 aromatic rings. The molecular formula is C10H17N3O2. The van der Waals surface area contributed by atoms with Crippen molar-refractivity contribution in [3.63, 3.8) is 0 Å². The van der Waals surface area contributed by atoms with Crippen molar-refractivity contribution in [3.05, 3.63) is 18.5 Å². The third-order valence-electron chi connectivity index (χ3n) is 2.14. The first-order valence-corrected chi connectivity index (χ1v) is 5.14. The molecule has 1 heterocycles. The highest BCUT2D eigenvalue weighted by atomic mass is 16.3. The number of carbonyl (C=O) groups excluding carboxylic acids is 1. The lowest BCUT2D eigenvalue weighted by Gasteiger charge is -2.08. The predicted octanol–water partition coefficient (Wildman–Crippen LogP) is 0.160. The Labute approximate surface area is 89.1 Å². The predicted molar refractivity (Wildman–Crippen MR) is 56.2 cm³/mol. The fourth-order valence-corrected chi connectivity index (χ4v) is 1.18. The van der Waals surface area contributed by atoms with Crippen LogP contribution in [0.5, 0.6) is 0 Å². The average Bonchev–Trinajstić information content (AvgIpc) is 2.70. The maximum atomic E-state index is 11.3. The maximum absolute atomic E-state index is 11.3. The van der Waals surface area contributed by atoms with E-state index in [0.29, 0.717) is 13.0 Å². The SMILES string of the molecule is CCC(O)CCNC(=O)Cn1cccn1. The van der Waals surface area contributed by atoms with Gasteiger partial charge in [-0.3, -0.25) is 9.48 Å². The summed E-state index contributed by atoms with van der Waals surface area (Å²) < 4.78 is 1.56. The lowest BCUT2D eigenvalue weighted by molar-refractivity contribution is -0.121. The van der Waals surface area contributed by atoms with Crippen LogP contribution in [0.4, 0.5) is 0 Å². The van der Waals surface area contributed by atoms with Gasteiger partial charge in [0, 0.05) is 18.9 Å². The molecule has 0 spiro atoms. The van der Waals surface area contributed by atoms with Crippen molar-refractivity contribution in [3.8, 4) is 0 Å². The van der Waals surface area contributed by atoms with Gasteiger partial charge in [0.2, 0.25) is 5.91 Å². The van der Waals surface area contributed by atoms with Gasteiger partial charge in [-0.05, 0) is 18.9 Å². The van der Waals surface area contributed by atoms with Gasteiger partial charge in [-0.1, -0.05) is 6.92 Å². The Balaban J connectivity index is 2.14. The van der Waals surface area contributed by atoms with E-state index in [2.05, 4.69) is 10.4 Å². The summed E-state index contributed by atoms with van der Waals surface area (Å²) in [6.45, 7) is 2.65. The van der Waals surface area contributed by atoms with E-state index in [1.807, 2.05) is 6.92 Å². The van der Waals surface area contributed by atoms with Crippen LogP contribution in [0.3, 0.4) is 0 Å². The standard InChI is InChI=1S/C10H17N3O2/c1-2-9(14)4-6-11-10(15)8-13-7-3-5-12-13/h3,5,7,9,14H,2,4,6,8H2,1H3,(H,11,15). The van der Waals surface area contributed by atoms with Crippen LogP contribution < -0.4 is 5.32 Å². The zero-order valence-electron chi connectivity index (χ0n) is 8.89. The average molecular weight is 211 g/mol. The molecule has 5 nitrogen and oxygen atoms in total. The molecule has 0 aromatic carbocycles. The van der Waals surface area contributed by atoms with Crippen LogP contribution in [0.25, 0.3) is 0 Å². The number of hydrogen-bond acceptors (Lipinski definition) is 3. The number of aliphatic hydroxyl groups is 1. The largest absolute Gasteiger partial charge is 0.393 e. The molecular weight excluding hydrogens is 194 g/mol. The molecule has 5 heteroatoms. The quantitative estimate of drug-likeness (QED) is 0.704. The Morgan fingerprint density at radius 2 is 2.47 bits per heavy atom. The number of rotatable bonds is 6. The maximum Gasteiger partial charge on any atom is 0.241 e. The van der Waals surface area contributed by atoms with Crippen LogP contribution in [-0.4, -0.2) is 33.4 Å². The van der Waals surface area contributed by atoms with Crippen molar-refractivity contribution in [1.82, 2.24) is 15.1 Å². The zero-order valence-corrected chi connectivity index (χ0v) is 8.89. The molecule has 0 fully saturated rings. The molecule has 1 unspecified atom stereocenters. The topological polar surface area (TPSA) is 67.2 Å². The van der Waals surface area contributed by atoms with Crippen LogP contribution in [0, 0.1) is 0 Å². The van der Waals surface area contributed by atoms with Gasteiger partial charge in [0.15, 0.2) is 0 Å². The fourth-order valence-electron chi connectivity index (χ4n) is 1.18. The van der Waals surface area contributed by atoms with E-state index in [-0.39, 0.29) is 18.6 Å². The Morgan fingerprint density at radius 1 is 1.67 bits per heavy atom. The van der Waals surface area contributed by atoms with Crippen LogP contribution in [0.2, 0.25) is 0 Å². The smallest absolute Gasteiger partial charge is 0.241 e. The van der Waals surface area contributed by atoms with E-state index in [0.717, 1.165) is 6.42 Å². The molecule has 0 aliphatic carbocycles. The minimum absolute atomic E-state index is 0.0815. The molecule has 1 aromatic heterocycles. The number of nitrogens with zero attached hydrogens (tertiary/aromatic N) is 2. The lowest BCUT2D eigenvalue weighted by Crippen LogP contribution is -2.30. The van der Waals surface area contributed by atoms with Gasteiger partial charge < -0.3 is 10.4 Å². The van der Waals surface area contributed by atoms with E-state index >= 15 is 0 Å². The fraction of sp³-hybridized carbons (Fsp3) is 0.600. The van der Waals surface area contributed by atoms with Crippen LogP contribution >= 0.6 is 0 Å². The van der Waals surface area contributed by atoms with Crippen molar-refractivity contribution in [2.45, 2.75) is 32.4 Å². The summed E-state index contributed by atoms with van der Waals surface area (Å²) in [6.07, 6.45) is 4.36. The Hall–Kier alpha value is -1.36. The Morgan fingerprint density at radius 3 is 3.07 bits per heavy atom. The molecule has 0 radical (unpaired) electrons. The third kappa shape index (κ3) is 4.60. The summed E-state index contributed by atoms with van der Waals surface area (Å²) >= 11 is 0. The Kier molecular flexibility index (Phi) is 4.83. The number of aliphatic hydroxyl groups excluding tert-OH is 1. The minimum Gasteiger partial charge on any atom is -0.393 e. The molecule has 2 N–H and O–H groups in total. The molecule has 0 aliphatic rings. The van der Waals surface area contributed by atoms with E-state index in [9.17, 15) is 9.90 Å². The molecule has 1 amide bonds. The second-order valence-corrected chi connectivity index (χ2v) is 3.40. The summed E-state index contributed by atoms with van der Waals surface area (Å²) in [7, 11) is 0. The second kappa shape index (κ2) is 6.19. The van der Waals surface area contributed by atoms with Crippen LogP contribution in [0.15, 0.2) is 18.5 Å². The molecule has 0 bridgehead atoms. The summed E-state index contributed by atoms with van der Waals surface area (Å²) in [6, 6.07) is 1.77. The molecule has 0 saturated heterocycles. The first-order chi connectivity index (χ1) is 7.22. The number of amides is 1. The van der Waals surface area contributed by atoms with Crippen LogP contribution in [-0.2, 0) is 11.3 Å². The second-order valence-electron chi connectivity index (χ2n) is 3.40. The highest BCUT2D eigenvalue weighted by molar-refractivity contribution is 5.75. The normalized spacial score (nSPS) is 12.4. The zero-order chi connectivity index (χ0) is 11.1. The first-order valence-electron chi connectivity index (χ1n) is 5.14. The van der Waals surface area contributed by atoms with E-state index < -0.39 is 0 Å². The van der Waals surface area contributed by atoms with Crippen molar-refractivity contribution >= 4 is 5.91 Å². The molecule has 84 valence electrons. The van der Waals surface area contributed by atoms with E-state index in [1.54, 1.807) is 23.1 Å². The first kappa shape index (κ1) is 11.7. The third-order valence-corrected chi connectivity index (χ3v) is 2.14. The number of hydrogen-bond donors (Lipinski definition) is 2. The van der Waals surface area contributed by atoms with E-state index in [1.165, 1.54) is 0 Å². The van der Waals surface area contributed by atoms with Gasteiger partial charge in [-0.2, -0.15) is 5.10 Å². The highest BCUT2D eigenvalue weighted by Gasteiger charge is 2.04. The van der Waals surface area contributed by atoms with Gasteiger partial charge in [-0.15, -0.1) is 0 Å². The van der Waals surface area contributed by atoms with Crippen LogP contribution in [0.1, 0.15) is 19.8 Å². The number of aromatic nitrogens is 2. The number of nitrogens with one attached hydrogen (secondary N) is 1. The Bertz CT molecular complexity index is 285. The van der Waals surface area contributed by atoms with Gasteiger partial charge in [0.1, 0.15) is 6.54 Å².